The number of ether oxygens (including phenoxy) is 1. The van der Waals surface area contributed by atoms with E-state index < -0.39 is 0 Å². The van der Waals surface area contributed by atoms with Crippen molar-refractivity contribution in [3.63, 3.8) is 0 Å². The van der Waals surface area contributed by atoms with Crippen LogP contribution in [0.4, 0.5) is 0 Å². The van der Waals surface area contributed by atoms with Crippen molar-refractivity contribution in [3.8, 4) is 0 Å². The molecular formula is C10H19NO2S. The Balaban J connectivity index is 1.91. The summed E-state index contributed by atoms with van der Waals surface area (Å²) in [5.41, 5.74) is 0. The third-order valence-electron chi connectivity index (χ3n) is 3.14. The van der Waals surface area contributed by atoms with Crippen molar-refractivity contribution in [3.05, 3.63) is 0 Å². The molecule has 0 aromatic rings. The third kappa shape index (κ3) is 2.42. The Hall–Kier alpha value is 0.230. The summed E-state index contributed by atoms with van der Waals surface area (Å²) < 4.78 is 5.37. The monoisotopic (exact) mass is 217 g/mol. The molecule has 2 heterocycles. The summed E-state index contributed by atoms with van der Waals surface area (Å²) in [5.74, 6) is 2.31. The van der Waals surface area contributed by atoms with Gasteiger partial charge in [-0.2, -0.15) is 11.8 Å². The maximum atomic E-state index is 9.31. The van der Waals surface area contributed by atoms with Gasteiger partial charge in [0.1, 0.15) is 0 Å². The number of thioether (sulfide) groups is 1. The zero-order valence-corrected chi connectivity index (χ0v) is 9.34. The first kappa shape index (κ1) is 10.7. The first-order valence-electron chi connectivity index (χ1n) is 5.44. The van der Waals surface area contributed by atoms with Gasteiger partial charge in [-0.25, -0.2) is 0 Å². The van der Waals surface area contributed by atoms with E-state index in [1.54, 1.807) is 0 Å². The highest BCUT2D eigenvalue weighted by molar-refractivity contribution is 7.99. The van der Waals surface area contributed by atoms with Crippen LogP contribution < -0.4 is 0 Å². The van der Waals surface area contributed by atoms with Crippen molar-refractivity contribution in [1.82, 2.24) is 4.90 Å². The SMILES string of the molecule is OC[C@@H]1CSCCN1C1CCOCC1. The quantitative estimate of drug-likeness (QED) is 0.733. The first-order valence-corrected chi connectivity index (χ1v) is 6.59. The van der Waals surface area contributed by atoms with Gasteiger partial charge in [0.15, 0.2) is 0 Å². The van der Waals surface area contributed by atoms with Gasteiger partial charge in [0.2, 0.25) is 0 Å². The zero-order valence-electron chi connectivity index (χ0n) is 8.52. The van der Waals surface area contributed by atoms with Crippen molar-refractivity contribution in [2.24, 2.45) is 0 Å². The molecule has 0 spiro atoms. The van der Waals surface area contributed by atoms with E-state index in [0.29, 0.717) is 18.7 Å². The molecule has 2 fully saturated rings. The molecule has 2 saturated heterocycles. The lowest BCUT2D eigenvalue weighted by Gasteiger charge is -2.41. The van der Waals surface area contributed by atoms with E-state index in [1.165, 1.54) is 5.75 Å². The zero-order chi connectivity index (χ0) is 9.80. The molecule has 0 unspecified atom stereocenters. The summed E-state index contributed by atoms with van der Waals surface area (Å²) in [4.78, 5) is 2.50. The lowest BCUT2D eigenvalue weighted by molar-refractivity contribution is 0.0109. The van der Waals surface area contributed by atoms with E-state index in [0.717, 1.165) is 38.4 Å². The normalized spacial score (nSPS) is 31.9. The molecule has 2 aliphatic heterocycles. The van der Waals surface area contributed by atoms with E-state index in [4.69, 9.17) is 4.74 Å². The number of aliphatic hydroxyl groups is 1. The number of hydrogen-bond donors (Lipinski definition) is 1. The molecule has 1 atom stereocenters. The third-order valence-corrected chi connectivity index (χ3v) is 4.24. The summed E-state index contributed by atoms with van der Waals surface area (Å²) in [6.07, 6.45) is 2.28. The topological polar surface area (TPSA) is 32.7 Å². The molecule has 14 heavy (non-hydrogen) atoms. The van der Waals surface area contributed by atoms with Crippen LogP contribution in [0.15, 0.2) is 0 Å². The molecular weight excluding hydrogens is 198 g/mol. The molecule has 0 saturated carbocycles. The number of nitrogens with zero attached hydrogens (tertiary/aromatic N) is 1. The van der Waals surface area contributed by atoms with Crippen molar-refractivity contribution >= 4 is 11.8 Å². The van der Waals surface area contributed by atoms with Crippen LogP contribution in [0.2, 0.25) is 0 Å². The standard InChI is InChI=1S/C10H19NO2S/c12-7-10-8-14-6-3-11(10)9-1-4-13-5-2-9/h9-10,12H,1-8H2/t10-/m1/s1. The van der Waals surface area contributed by atoms with Crippen LogP contribution in [0.25, 0.3) is 0 Å². The van der Waals surface area contributed by atoms with Gasteiger partial charge in [-0.3, -0.25) is 4.90 Å². The summed E-state index contributed by atoms with van der Waals surface area (Å²) in [7, 11) is 0. The molecule has 3 nitrogen and oxygen atoms in total. The smallest absolute Gasteiger partial charge is 0.0595 e. The number of hydrogen-bond acceptors (Lipinski definition) is 4. The Kier molecular flexibility index (Phi) is 4.10. The second-order valence-corrected chi connectivity index (χ2v) is 5.14. The lowest BCUT2D eigenvalue weighted by atomic mass is 10.1. The Morgan fingerprint density at radius 2 is 2.14 bits per heavy atom. The minimum Gasteiger partial charge on any atom is -0.395 e. The maximum absolute atomic E-state index is 9.31. The molecule has 0 aromatic heterocycles. The minimum absolute atomic E-state index is 0.310. The Bertz CT molecular complexity index is 174. The van der Waals surface area contributed by atoms with Gasteiger partial charge in [0.25, 0.3) is 0 Å². The van der Waals surface area contributed by atoms with Crippen LogP contribution in [0.1, 0.15) is 12.8 Å². The molecule has 0 aromatic carbocycles. The van der Waals surface area contributed by atoms with Crippen molar-refractivity contribution in [1.29, 1.82) is 0 Å². The minimum atomic E-state index is 0.310. The molecule has 82 valence electrons. The van der Waals surface area contributed by atoms with E-state index in [-0.39, 0.29) is 0 Å². The van der Waals surface area contributed by atoms with Gasteiger partial charge in [-0.15, -0.1) is 0 Å². The fraction of sp³-hybridized carbons (Fsp3) is 1.00. The van der Waals surface area contributed by atoms with Crippen molar-refractivity contribution in [2.75, 3.05) is 37.9 Å². The highest BCUT2D eigenvalue weighted by Crippen LogP contribution is 2.23. The Morgan fingerprint density at radius 1 is 1.36 bits per heavy atom. The maximum Gasteiger partial charge on any atom is 0.0595 e. The molecule has 2 rings (SSSR count). The van der Waals surface area contributed by atoms with E-state index in [2.05, 4.69) is 4.90 Å². The summed E-state index contributed by atoms with van der Waals surface area (Å²) in [5, 5.41) is 9.31. The predicted octanol–water partition coefficient (Wildman–Crippen LogP) is 0.575. The van der Waals surface area contributed by atoms with Gasteiger partial charge in [0.05, 0.1) is 6.61 Å². The van der Waals surface area contributed by atoms with Crippen molar-refractivity contribution in [2.45, 2.75) is 24.9 Å². The molecule has 0 bridgehead atoms. The van der Waals surface area contributed by atoms with E-state index in [9.17, 15) is 5.11 Å². The van der Waals surface area contributed by atoms with E-state index >= 15 is 0 Å². The summed E-state index contributed by atoms with van der Waals surface area (Å²) >= 11 is 1.96. The molecule has 4 heteroatoms. The van der Waals surface area contributed by atoms with Crippen LogP contribution in [0.5, 0.6) is 0 Å². The highest BCUT2D eigenvalue weighted by Gasteiger charge is 2.29. The van der Waals surface area contributed by atoms with Crippen LogP contribution in [-0.2, 0) is 4.74 Å². The second kappa shape index (κ2) is 5.35. The molecule has 0 radical (unpaired) electrons. The Morgan fingerprint density at radius 3 is 2.86 bits per heavy atom. The molecule has 0 amide bonds. The van der Waals surface area contributed by atoms with Crippen LogP contribution in [-0.4, -0.2) is 60.0 Å². The molecule has 0 aliphatic carbocycles. The molecule has 1 N–H and O–H groups in total. The average Bonchev–Trinajstić information content (AvgIpc) is 2.30. The summed E-state index contributed by atoms with van der Waals surface area (Å²) in [6, 6.07) is 1.04. The van der Waals surface area contributed by atoms with Gasteiger partial charge < -0.3 is 9.84 Å². The highest BCUT2D eigenvalue weighted by atomic mass is 32.2. The lowest BCUT2D eigenvalue weighted by Crippen LogP contribution is -2.51. The second-order valence-electron chi connectivity index (χ2n) is 3.99. The Labute approximate surface area is 89.8 Å². The molecule has 2 aliphatic rings. The van der Waals surface area contributed by atoms with E-state index in [1.807, 2.05) is 11.8 Å². The van der Waals surface area contributed by atoms with Crippen molar-refractivity contribution < 1.29 is 9.84 Å². The fourth-order valence-electron chi connectivity index (χ4n) is 2.32. The van der Waals surface area contributed by atoms with Crippen LogP contribution in [0, 0.1) is 0 Å². The first-order chi connectivity index (χ1) is 6.92. The fourth-order valence-corrected chi connectivity index (χ4v) is 3.40. The average molecular weight is 217 g/mol. The predicted molar refractivity (Wildman–Crippen MR) is 58.7 cm³/mol. The largest absolute Gasteiger partial charge is 0.395 e. The van der Waals surface area contributed by atoms with Gasteiger partial charge in [-0.05, 0) is 12.8 Å². The van der Waals surface area contributed by atoms with Gasteiger partial charge in [-0.1, -0.05) is 0 Å². The van der Waals surface area contributed by atoms with Crippen LogP contribution >= 0.6 is 11.8 Å². The van der Waals surface area contributed by atoms with Gasteiger partial charge in [0, 0.05) is 43.3 Å². The summed E-state index contributed by atoms with van der Waals surface area (Å²) in [6.45, 7) is 3.24. The number of rotatable bonds is 2. The van der Waals surface area contributed by atoms with Crippen LogP contribution in [0.3, 0.4) is 0 Å². The number of aliphatic hydroxyl groups excluding tert-OH is 1. The van der Waals surface area contributed by atoms with Gasteiger partial charge >= 0.3 is 0 Å².